The summed E-state index contributed by atoms with van der Waals surface area (Å²) in [5.41, 5.74) is 0. The van der Waals surface area contributed by atoms with Crippen LogP contribution < -0.4 is 0 Å². The molecule has 1 atom stereocenters. The number of hydrogen-bond acceptors (Lipinski definition) is 6. The quantitative estimate of drug-likeness (QED) is 0.0328. The third-order valence-corrected chi connectivity index (χ3v) is 7.33. The predicted molar refractivity (Wildman–Crippen MR) is 187 cm³/mol. The summed E-state index contributed by atoms with van der Waals surface area (Å²) >= 11 is 0. The van der Waals surface area contributed by atoms with Crippen LogP contribution >= 0.6 is 0 Å². The second kappa shape index (κ2) is 34.2. The lowest BCUT2D eigenvalue weighted by molar-refractivity contribution is -0.166. The van der Waals surface area contributed by atoms with Crippen molar-refractivity contribution < 1.29 is 28.6 Å². The van der Waals surface area contributed by atoms with Gasteiger partial charge in [-0.15, -0.1) is 0 Å². The number of ether oxygens (including phenoxy) is 3. The third-order valence-electron chi connectivity index (χ3n) is 7.33. The van der Waals surface area contributed by atoms with Crippen molar-refractivity contribution in [2.45, 2.75) is 168 Å². The Hall–Kier alpha value is -2.63. The number of esters is 3. The molecule has 0 aromatic heterocycles. The fourth-order valence-electron chi connectivity index (χ4n) is 4.64. The van der Waals surface area contributed by atoms with Gasteiger partial charge in [-0.25, -0.2) is 0 Å². The fraction of sp³-hybridized carbons (Fsp3) is 0.718. The molecule has 45 heavy (non-hydrogen) atoms. The summed E-state index contributed by atoms with van der Waals surface area (Å²) in [5.74, 6) is -1.06. The molecule has 0 aromatic carbocycles. The second-order valence-corrected chi connectivity index (χ2v) is 11.7. The van der Waals surface area contributed by atoms with Gasteiger partial charge in [0.25, 0.3) is 0 Å². The molecule has 6 heteroatoms. The smallest absolute Gasteiger partial charge is 0.310 e. The molecule has 0 radical (unpaired) electrons. The maximum Gasteiger partial charge on any atom is 0.310 e. The van der Waals surface area contributed by atoms with Gasteiger partial charge in [0.1, 0.15) is 13.2 Å². The molecule has 1 unspecified atom stereocenters. The molecular formula is C39H66O6. The van der Waals surface area contributed by atoms with E-state index < -0.39 is 12.1 Å². The molecule has 0 aliphatic rings. The lowest BCUT2D eigenvalue weighted by atomic mass is 10.1. The van der Waals surface area contributed by atoms with Crippen molar-refractivity contribution in [2.75, 3.05) is 13.2 Å². The molecule has 0 N–H and O–H groups in total. The number of carbonyl (C=O) groups excluding carboxylic acids is 3. The van der Waals surface area contributed by atoms with Crippen LogP contribution in [0.4, 0.5) is 0 Å². The molecule has 0 aromatic rings. The first-order valence-electron chi connectivity index (χ1n) is 18.1. The van der Waals surface area contributed by atoms with Crippen molar-refractivity contribution in [1.82, 2.24) is 0 Å². The Morgan fingerprint density at radius 2 is 0.933 bits per heavy atom. The number of carbonyl (C=O) groups is 3. The second-order valence-electron chi connectivity index (χ2n) is 11.7. The highest BCUT2D eigenvalue weighted by Gasteiger charge is 2.19. The van der Waals surface area contributed by atoms with Gasteiger partial charge in [-0.1, -0.05) is 121 Å². The number of allylic oxidation sites excluding steroid dienone is 7. The van der Waals surface area contributed by atoms with Crippen molar-refractivity contribution in [2.24, 2.45) is 0 Å². The Balaban J connectivity index is 4.18. The Bertz CT molecular complexity index is 825. The zero-order valence-electron chi connectivity index (χ0n) is 29.1. The van der Waals surface area contributed by atoms with Crippen LogP contribution in [0.5, 0.6) is 0 Å². The highest BCUT2D eigenvalue weighted by atomic mass is 16.6. The van der Waals surface area contributed by atoms with Crippen LogP contribution in [0.1, 0.15) is 162 Å². The minimum absolute atomic E-state index is 0.108. The standard InChI is InChI=1S/C39H66O6/c1-4-7-10-12-14-16-17-18-19-20-21-23-25-27-30-32-38(41)44-35-36(45-39(42)33-28-9-6-3)34-43-37(40)31-29-26-24-22-15-13-11-8-5-2/h8-9,11,14,16,18-19,28,36H,4-7,10,12-13,15,17,20-27,29-35H2,1-3H3/b11-8-,16-14-,19-18-,28-9-. The molecule has 6 nitrogen and oxygen atoms in total. The molecule has 0 heterocycles. The van der Waals surface area contributed by atoms with Crippen molar-refractivity contribution in [1.29, 1.82) is 0 Å². The SMILES string of the molecule is CC/C=C\CCCCCCCC(=O)OCC(COC(=O)CCCCCCC/C=C\C/C=C\CCCCC)OC(=O)C/C=C\CC. The van der Waals surface area contributed by atoms with Gasteiger partial charge >= 0.3 is 17.9 Å². The molecule has 0 amide bonds. The van der Waals surface area contributed by atoms with Crippen LogP contribution in [0.2, 0.25) is 0 Å². The molecule has 0 saturated carbocycles. The van der Waals surface area contributed by atoms with Crippen LogP contribution in [0, 0.1) is 0 Å². The van der Waals surface area contributed by atoms with E-state index in [1.165, 1.54) is 32.1 Å². The van der Waals surface area contributed by atoms with Crippen LogP contribution in [0.3, 0.4) is 0 Å². The van der Waals surface area contributed by atoms with E-state index in [0.717, 1.165) is 89.9 Å². The Morgan fingerprint density at radius 1 is 0.489 bits per heavy atom. The van der Waals surface area contributed by atoms with E-state index in [2.05, 4.69) is 50.3 Å². The first-order chi connectivity index (χ1) is 22.0. The molecular weight excluding hydrogens is 564 g/mol. The molecule has 0 bridgehead atoms. The summed E-state index contributed by atoms with van der Waals surface area (Å²) in [6, 6.07) is 0. The Kier molecular flexibility index (Phi) is 32.2. The van der Waals surface area contributed by atoms with Crippen LogP contribution in [0.15, 0.2) is 48.6 Å². The Labute approximate surface area is 276 Å². The molecule has 258 valence electrons. The average molecular weight is 631 g/mol. The van der Waals surface area contributed by atoms with Crippen molar-refractivity contribution in [3.63, 3.8) is 0 Å². The fourth-order valence-corrected chi connectivity index (χ4v) is 4.64. The van der Waals surface area contributed by atoms with Gasteiger partial charge in [-0.05, 0) is 70.6 Å². The van der Waals surface area contributed by atoms with E-state index in [1.807, 2.05) is 13.0 Å². The number of hydrogen-bond donors (Lipinski definition) is 0. The van der Waals surface area contributed by atoms with Gasteiger partial charge in [-0.3, -0.25) is 14.4 Å². The highest BCUT2D eigenvalue weighted by molar-refractivity contribution is 5.72. The minimum atomic E-state index is -0.804. The lowest BCUT2D eigenvalue weighted by Crippen LogP contribution is -2.30. The normalized spacial score (nSPS) is 12.5. The van der Waals surface area contributed by atoms with Gasteiger partial charge in [-0.2, -0.15) is 0 Å². The molecule has 0 aliphatic carbocycles. The molecule has 0 aliphatic heterocycles. The van der Waals surface area contributed by atoms with E-state index in [0.29, 0.717) is 12.8 Å². The van der Waals surface area contributed by atoms with Gasteiger partial charge in [0.05, 0.1) is 6.42 Å². The zero-order chi connectivity index (χ0) is 33.1. The van der Waals surface area contributed by atoms with E-state index in [9.17, 15) is 14.4 Å². The Morgan fingerprint density at radius 3 is 1.44 bits per heavy atom. The van der Waals surface area contributed by atoms with E-state index >= 15 is 0 Å². The van der Waals surface area contributed by atoms with Crippen molar-refractivity contribution in [3.8, 4) is 0 Å². The first kappa shape index (κ1) is 42.4. The summed E-state index contributed by atoms with van der Waals surface area (Å²) in [7, 11) is 0. The van der Waals surface area contributed by atoms with E-state index in [1.54, 1.807) is 6.08 Å². The van der Waals surface area contributed by atoms with Crippen molar-refractivity contribution >= 4 is 17.9 Å². The third kappa shape index (κ3) is 32.6. The van der Waals surface area contributed by atoms with Gasteiger partial charge in [0, 0.05) is 12.8 Å². The molecule has 0 fully saturated rings. The largest absolute Gasteiger partial charge is 0.462 e. The molecule has 0 saturated heterocycles. The summed E-state index contributed by atoms with van der Waals surface area (Å²) in [4.78, 5) is 36.8. The van der Waals surface area contributed by atoms with Crippen LogP contribution in [-0.2, 0) is 28.6 Å². The van der Waals surface area contributed by atoms with Crippen molar-refractivity contribution in [3.05, 3.63) is 48.6 Å². The maximum atomic E-state index is 12.3. The molecule has 0 rings (SSSR count). The van der Waals surface area contributed by atoms with Crippen LogP contribution in [0.25, 0.3) is 0 Å². The van der Waals surface area contributed by atoms with E-state index in [-0.39, 0.29) is 31.6 Å². The molecule has 0 spiro atoms. The summed E-state index contributed by atoms with van der Waals surface area (Å²) < 4.78 is 16.2. The van der Waals surface area contributed by atoms with Gasteiger partial charge < -0.3 is 14.2 Å². The lowest BCUT2D eigenvalue weighted by Gasteiger charge is -2.18. The highest BCUT2D eigenvalue weighted by Crippen LogP contribution is 2.11. The number of unbranched alkanes of at least 4 members (excludes halogenated alkanes) is 13. The van der Waals surface area contributed by atoms with Gasteiger partial charge in [0.15, 0.2) is 6.10 Å². The van der Waals surface area contributed by atoms with Crippen LogP contribution in [-0.4, -0.2) is 37.2 Å². The van der Waals surface area contributed by atoms with Gasteiger partial charge in [0.2, 0.25) is 0 Å². The van der Waals surface area contributed by atoms with E-state index in [4.69, 9.17) is 14.2 Å². The summed E-state index contributed by atoms with van der Waals surface area (Å²) in [5, 5.41) is 0. The maximum absolute atomic E-state index is 12.3. The zero-order valence-corrected chi connectivity index (χ0v) is 29.1. The number of rotatable bonds is 31. The predicted octanol–water partition coefficient (Wildman–Crippen LogP) is 10.9. The average Bonchev–Trinajstić information content (AvgIpc) is 3.03. The first-order valence-corrected chi connectivity index (χ1v) is 18.1. The minimum Gasteiger partial charge on any atom is -0.462 e. The summed E-state index contributed by atoms with van der Waals surface area (Å²) in [6.07, 6.45) is 37.7. The monoisotopic (exact) mass is 630 g/mol. The summed E-state index contributed by atoms with van der Waals surface area (Å²) in [6.45, 7) is 6.14. The topological polar surface area (TPSA) is 78.9 Å².